The first-order chi connectivity index (χ1) is 16.3. The molecule has 0 unspecified atom stereocenters. The lowest BCUT2D eigenvalue weighted by atomic mass is 9.94. The maximum atomic E-state index is 13.3. The fraction of sp³-hybridized carbons (Fsp3) is 0.286. The molecule has 0 aliphatic carbocycles. The molecule has 1 aliphatic rings. The number of amides is 1. The smallest absolute Gasteiger partial charge is 0.258 e. The standard InChI is InChI=1S/C28H28ClN3O2/c1-20-8-6-7-9-22(20)18-32(24-13-12-21(17-30)26(29)16-24)25-14-15-31(19-25)27(33)28(2,34)23-10-4-3-5-11-23/h3-13,16,25,34H,14-15,18-19H2,1-2H3/t25-,28-/m0/s1. The predicted octanol–water partition coefficient (Wildman–Crippen LogP) is 5.04. The van der Waals surface area contributed by atoms with E-state index in [1.54, 1.807) is 30.0 Å². The molecule has 0 spiro atoms. The summed E-state index contributed by atoms with van der Waals surface area (Å²) in [7, 11) is 0. The Balaban J connectivity index is 1.61. The Kier molecular flexibility index (Phi) is 6.92. The molecule has 34 heavy (non-hydrogen) atoms. The number of hydrogen-bond donors (Lipinski definition) is 1. The lowest BCUT2D eigenvalue weighted by molar-refractivity contribution is -0.149. The average Bonchev–Trinajstić information content (AvgIpc) is 3.33. The normalized spacial score (nSPS) is 17.1. The molecule has 2 atom stereocenters. The molecular formula is C28H28ClN3O2. The first-order valence-corrected chi connectivity index (χ1v) is 11.8. The van der Waals surface area contributed by atoms with Gasteiger partial charge in [-0.1, -0.05) is 66.2 Å². The summed E-state index contributed by atoms with van der Waals surface area (Å²) in [5, 5.41) is 20.8. The maximum absolute atomic E-state index is 13.3. The van der Waals surface area contributed by atoms with Crippen molar-refractivity contribution in [2.45, 2.75) is 38.5 Å². The second-order valence-electron chi connectivity index (χ2n) is 8.96. The van der Waals surface area contributed by atoms with Gasteiger partial charge in [-0.05, 0) is 55.2 Å². The molecule has 1 aliphatic heterocycles. The molecule has 1 heterocycles. The largest absolute Gasteiger partial charge is 0.376 e. The van der Waals surface area contributed by atoms with Gasteiger partial charge in [-0.25, -0.2) is 0 Å². The molecule has 0 bridgehead atoms. The molecule has 4 rings (SSSR count). The highest BCUT2D eigenvalue weighted by Gasteiger charge is 2.40. The summed E-state index contributed by atoms with van der Waals surface area (Å²) in [6.45, 7) is 5.34. The minimum absolute atomic E-state index is 0.0409. The maximum Gasteiger partial charge on any atom is 0.258 e. The summed E-state index contributed by atoms with van der Waals surface area (Å²) >= 11 is 6.37. The van der Waals surface area contributed by atoms with Crippen molar-refractivity contribution in [2.75, 3.05) is 18.0 Å². The summed E-state index contributed by atoms with van der Waals surface area (Å²) in [5.74, 6) is -0.296. The summed E-state index contributed by atoms with van der Waals surface area (Å²) in [6.07, 6.45) is 0.764. The monoisotopic (exact) mass is 473 g/mol. The zero-order valence-electron chi connectivity index (χ0n) is 19.4. The van der Waals surface area contributed by atoms with E-state index in [2.05, 4.69) is 30.0 Å². The molecule has 1 amide bonds. The van der Waals surface area contributed by atoms with Crippen LogP contribution in [0.4, 0.5) is 5.69 Å². The van der Waals surface area contributed by atoms with Gasteiger partial charge in [-0.15, -0.1) is 0 Å². The predicted molar refractivity (Wildman–Crippen MR) is 135 cm³/mol. The van der Waals surface area contributed by atoms with E-state index in [4.69, 9.17) is 11.6 Å². The van der Waals surface area contributed by atoms with Crippen LogP contribution < -0.4 is 4.90 Å². The Bertz CT molecular complexity index is 1220. The Hall–Kier alpha value is -3.33. The molecule has 3 aromatic carbocycles. The number of rotatable bonds is 6. The van der Waals surface area contributed by atoms with Crippen LogP contribution in [0.15, 0.2) is 72.8 Å². The number of likely N-dealkylation sites (tertiary alicyclic amines) is 1. The van der Waals surface area contributed by atoms with Gasteiger partial charge < -0.3 is 14.9 Å². The fourth-order valence-electron chi connectivity index (χ4n) is 4.55. The molecular weight excluding hydrogens is 446 g/mol. The van der Waals surface area contributed by atoms with E-state index < -0.39 is 5.60 Å². The molecule has 0 radical (unpaired) electrons. The summed E-state index contributed by atoms with van der Waals surface area (Å²) in [4.78, 5) is 17.3. The van der Waals surface area contributed by atoms with E-state index in [0.717, 1.165) is 12.1 Å². The second kappa shape index (κ2) is 9.89. The van der Waals surface area contributed by atoms with Crippen molar-refractivity contribution in [3.05, 3.63) is 100 Å². The Morgan fingerprint density at radius 2 is 1.88 bits per heavy atom. The van der Waals surface area contributed by atoms with Crippen molar-refractivity contribution in [1.29, 1.82) is 5.26 Å². The molecule has 5 nitrogen and oxygen atoms in total. The number of aliphatic hydroxyl groups is 1. The Labute approximate surface area is 205 Å². The van der Waals surface area contributed by atoms with E-state index in [1.807, 2.05) is 42.5 Å². The zero-order chi connectivity index (χ0) is 24.3. The van der Waals surface area contributed by atoms with Crippen molar-refractivity contribution in [3.8, 4) is 6.07 Å². The molecule has 1 N–H and O–H groups in total. The number of carbonyl (C=O) groups excluding carboxylic acids is 1. The van der Waals surface area contributed by atoms with Crippen LogP contribution in [0.2, 0.25) is 5.02 Å². The number of nitrogens with zero attached hydrogens (tertiary/aromatic N) is 3. The molecule has 3 aromatic rings. The number of halogens is 1. The topological polar surface area (TPSA) is 67.6 Å². The quantitative estimate of drug-likeness (QED) is 0.545. The van der Waals surface area contributed by atoms with Gasteiger partial charge in [-0.3, -0.25) is 4.79 Å². The van der Waals surface area contributed by atoms with Crippen LogP contribution in [0.3, 0.4) is 0 Å². The van der Waals surface area contributed by atoms with Crippen molar-refractivity contribution >= 4 is 23.2 Å². The van der Waals surface area contributed by atoms with Crippen LogP contribution >= 0.6 is 11.6 Å². The number of carbonyl (C=O) groups is 1. The van der Waals surface area contributed by atoms with Gasteiger partial charge in [-0.2, -0.15) is 5.26 Å². The molecule has 6 heteroatoms. The van der Waals surface area contributed by atoms with Gasteiger partial charge in [0.05, 0.1) is 10.6 Å². The van der Waals surface area contributed by atoms with E-state index >= 15 is 0 Å². The number of hydrogen-bond acceptors (Lipinski definition) is 4. The van der Waals surface area contributed by atoms with Crippen LogP contribution in [0, 0.1) is 18.3 Å². The molecule has 0 aromatic heterocycles. The molecule has 1 fully saturated rings. The third-order valence-corrected chi connectivity index (χ3v) is 6.96. The summed E-state index contributed by atoms with van der Waals surface area (Å²) < 4.78 is 0. The minimum Gasteiger partial charge on any atom is -0.376 e. The number of nitriles is 1. The zero-order valence-corrected chi connectivity index (χ0v) is 20.2. The third kappa shape index (κ3) is 4.79. The number of aryl methyl sites for hydroxylation is 1. The minimum atomic E-state index is -1.59. The molecule has 0 saturated carbocycles. The van der Waals surface area contributed by atoms with Crippen molar-refractivity contribution in [1.82, 2.24) is 4.90 Å². The first kappa shape index (κ1) is 23.8. The van der Waals surface area contributed by atoms with E-state index in [1.165, 1.54) is 11.1 Å². The summed E-state index contributed by atoms with van der Waals surface area (Å²) in [6, 6.07) is 24.9. The average molecular weight is 474 g/mol. The highest BCUT2D eigenvalue weighted by atomic mass is 35.5. The lowest BCUT2D eigenvalue weighted by Gasteiger charge is -2.33. The van der Waals surface area contributed by atoms with Gasteiger partial charge in [0.2, 0.25) is 0 Å². The van der Waals surface area contributed by atoms with Crippen LogP contribution in [0.25, 0.3) is 0 Å². The SMILES string of the molecule is Cc1ccccc1CN(c1ccc(C#N)c(Cl)c1)[C@H]1CCN(C(=O)[C@@](C)(O)c2ccccc2)C1. The Morgan fingerprint density at radius 1 is 1.18 bits per heavy atom. The van der Waals surface area contributed by atoms with Crippen LogP contribution in [-0.2, 0) is 16.9 Å². The highest BCUT2D eigenvalue weighted by Crippen LogP contribution is 2.32. The van der Waals surface area contributed by atoms with Crippen molar-refractivity contribution in [2.24, 2.45) is 0 Å². The van der Waals surface area contributed by atoms with E-state index in [-0.39, 0.29) is 11.9 Å². The highest BCUT2D eigenvalue weighted by molar-refractivity contribution is 6.32. The van der Waals surface area contributed by atoms with Crippen LogP contribution in [-0.4, -0.2) is 35.0 Å². The van der Waals surface area contributed by atoms with E-state index in [0.29, 0.717) is 35.8 Å². The van der Waals surface area contributed by atoms with Crippen LogP contribution in [0.1, 0.15) is 35.6 Å². The number of anilines is 1. The fourth-order valence-corrected chi connectivity index (χ4v) is 4.77. The lowest BCUT2D eigenvalue weighted by Crippen LogP contribution is -2.46. The third-order valence-electron chi connectivity index (χ3n) is 6.65. The van der Waals surface area contributed by atoms with Gasteiger partial charge in [0.15, 0.2) is 5.60 Å². The second-order valence-corrected chi connectivity index (χ2v) is 9.37. The Morgan fingerprint density at radius 3 is 2.56 bits per heavy atom. The van der Waals surface area contributed by atoms with Gasteiger partial charge in [0.1, 0.15) is 6.07 Å². The first-order valence-electron chi connectivity index (χ1n) is 11.4. The molecule has 1 saturated heterocycles. The van der Waals surface area contributed by atoms with Crippen molar-refractivity contribution in [3.63, 3.8) is 0 Å². The summed E-state index contributed by atoms with van der Waals surface area (Å²) in [5.41, 5.74) is 2.70. The van der Waals surface area contributed by atoms with Gasteiger partial charge >= 0.3 is 0 Å². The number of benzene rings is 3. The van der Waals surface area contributed by atoms with E-state index in [9.17, 15) is 15.2 Å². The van der Waals surface area contributed by atoms with Gasteiger partial charge in [0, 0.05) is 31.4 Å². The molecule has 174 valence electrons. The van der Waals surface area contributed by atoms with Gasteiger partial charge in [0.25, 0.3) is 5.91 Å². The van der Waals surface area contributed by atoms with Crippen molar-refractivity contribution < 1.29 is 9.90 Å². The van der Waals surface area contributed by atoms with Crippen LogP contribution in [0.5, 0.6) is 0 Å².